The lowest BCUT2D eigenvalue weighted by Crippen LogP contribution is -2.37. The molecule has 3 rings (SSSR count). The Bertz CT molecular complexity index is 661. The summed E-state index contributed by atoms with van der Waals surface area (Å²) in [6, 6.07) is 3.60. The van der Waals surface area contributed by atoms with Gasteiger partial charge in [-0.15, -0.1) is 0 Å². The van der Waals surface area contributed by atoms with E-state index in [1.807, 2.05) is 4.90 Å². The second-order valence-corrected chi connectivity index (χ2v) is 6.60. The van der Waals surface area contributed by atoms with Crippen LogP contribution in [0.15, 0.2) is 23.1 Å². The van der Waals surface area contributed by atoms with E-state index in [1.54, 1.807) is 19.3 Å². The summed E-state index contributed by atoms with van der Waals surface area (Å²) in [6.07, 6.45) is 6.72. The Morgan fingerprint density at radius 3 is 2.78 bits per heavy atom. The molecule has 1 aromatic heterocycles. The van der Waals surface area contributed by atoms with Gasteiger partial charge in [0.25, 0.3) is 11.5 Å². The van der Waals surface area contributed by atoms with Gasteiger partial charge in [0.15, 0.2) is 0 Å². The number of rotatable bonds is 4. The third-order valence-electron chi connectivity index (χ3n) is 4.92. The number of likely N-dealkylation sites (tertiary alicyclic amines) is 1. The second-order valence-electron chi connectivity index (χ2n) is 6.60. The van der Waals surface area contributed by atoms with E-state index in [1.165, 1.54) is 23.5 Å². The summed E-state index contributed by atoms with van der Waals surface area (Å²) < 4.78 is 1.38. The summed E-state index contributed by atoms with van der Waals surface area (Å²) >= 11 is 0. The highest BCUT2D eigenvalue weighted by Gasteiger charge is 2.35. The third-order valence-corrected chi connectivity index (χ3v) is 4.92. The van der Waals surface area contributed by atoms with Crippen molar-refractivity contribution < 1.29 is 9.59 Å². The first kappa shape index (κ1) is 15.8. The van der Waals surface area contributed by atoms with Crippen LogP contribution >= 0.6 is 0 Å². The zero-order valence-electron chi connectivity index (χ0n) is 13.5. The van der Waals surface area contributed by atoms with E-state index in [9.17, 15) is 14.4 Å². The summed E-state index contributed by atoms with van der Waals surface area (Å²) in [6.45, 7) is 1.16. The van der Waals surface area contributed by atoms with E-state index in [-0.39, 0.29) is 28.9 Å². The molecule has 6 nitrogen and oxygen atoms in total. The van der Waals surface area contributed by atoms with Gasteiger partial charge in [-0.05, 0) is 25.0 Å². The van der Waals surface area contributed by atoms with Crippen molar-refractivity contribution in [2.45, 2.75) is 38.1 Å². The van der Waals surface area contributed by atoms with E-state index in [2.05, 4.69) is 5.32 Å². The Morgan fingerprint density at radius 1 is 1.30 bits per heavy atom. The molecule has 1 aliphatic heterocycles. The minimum atomic E-state index is -0.363. The van der Waals surface area contributed by atoms with Crippen LogP contribution in [0.1, 0.15) is 42.5 Å². The predicted octanol–water partition coefficient (Wildman–Crippen LogP) is 0.906. The van der Waals surface area contributed by atoms with Crippen LogP contribution in [0.5, 0.6) is 0 Å². The molecule has 1 aliphatic carbocycles. The first-order chi connectivity index (χ1) is 11.1. The molecule has 23 heavy (non-hydrogen) atoms. The van der Waals surface area contributed by atoms with Crippen LogP contribution in [0.2, 0.25) is 0 Å². The average molecular weight is 317 g/mol. The predicted molar refractivity (Wildman–Crippen MR) is 86.1 cm³/mol. The quantitative estimate of drug-likeness (QED) is 0.897. The van der Waals surface area contributed by atoms with Crippen LogP contribution in [-0.2, 0) is 11.8 Å². The lowest BCUT2D eigenvalue weighted by Gasteiger charge is -2.24. The molecule has 2 heterocycles. The van der Waals surface area contributed by atoms with Crippen molar-refractivity contribution in [3.05, 3.63) is 34.2 Å². The highest BCUT2D eigenvalue weighted by atomic mass is 16.2. The van der Waals surface area contributed by atoms with Crippen molar-refractivity contribution in [1.82, 2.24) is 14.8 Å². The molecule has 2 amide bonds. The molecule has 124 valence electrons. The minimum Gasteiger partial charge on any atom is -0.352 e. The molecular weight excluding hydrogens is 294 g/mol. The lowest BCUT2D eigenvalue weighted by atomic mass is 10.1. The van der Waals surface area contributed by atoms with Crippen LogP contribution in [-0.4, -0.2) is 40.4 Å². The van der Waals surface area contributed by atoms with Gasteiger partial charge in [0.05, 0.1) is 0 Å². The third kappa shape index (κ3) is 3.30. The van der Waals surface area contributed by atoms with Gasteiger partial charge in [-0.1, -0.05) is 12.8 Å². The van der Waals surface area contributed by atoms with E-state index in [0.29, 0.717) is 19.0 Å². The zero-order valence-corrected chi connectivity index (χ0v) is 13.5. The summed E-state index contributed by atoms with van der Waals surface area (Å²) in [5.74, 6) is -0.0237. The van der Waals surface area contributed by atoms with Gasteiger partial charge in [0.2, 0.25) is 5.91 Å². The van der Waals surface area contributed by atoms with Gasteiger partial charge in [-0.25, -0.2) is 0 Å². The number of amides is 2. The molecule has 0 radical (unpaired) electrons. The zero-order chi connectivity index (χ0) is 16.4. The maximum Gasteiger partial charge on any atom is 0.263 e. The molecular formula is C17H23N3O3. The molecule has 1 N–H and O–H groups in total. The highest BCUT2D eigenvalue weighted by Crippen LogP contribution is 2.29. The number of aromatic nitrogens is 1. The summed E-state index contributed by atoms with van der Waals surface area (Å²) in [4.78, 5) is 38.2. The largest absolute Gasteiger partial charge is 0.352 e. The van der Waals surface area contributed by atoms with E-state index in [4.69, 9.17) is 0 Å². The monoisotopic (exact) mass is 317 g/mol. The molecule has 0 bridgehead atoms. The Kier molecular flexibility index (Phi) is 4.50. The van der Waals surface area contributed by atoms with Crippen molar-refractivity contribution in [2.24, 2.45) is 13.0 Å². The Balaban J connectivity index is 1.56. The summed E-state index contributed by atoms with van der Waals surface area (Å²) in [5.41, 5.74) is -0.160. The van der Waals surface area contributed by atoms with Crippen LogP contribution in [0.4, 0.5) is 0 Å². The number of carbonyl (C=O) groups is 2. The normalized spacial score (nSPS) is 21.9. The molecule has 0 spiro atoms. The molecule has 0 aromatic carbocycles. The van der Waals surface area contributed by atoms with Gasteiger partial charge in [0.1, 0.15) is 5.56 Å². The molecule has 6 heteroatoms. The van der Waals surface area contributed by atoms with Crippen LogP contribution < -0.4 is 10.9 Å². The topological polar surface area (TPSA) is 71.4 Å². The number of nitrogens with zero attached hydrogens (tertiary/aromatic N) is 2. The number of aryl methyl sites for hydroxylation is 1. The second kappa shape index (κ2) is 6.56. The van der Waals surface area contributed by atoms with Crippen molar-refractivity contribution >= 4 is 11.8 Å². The van der Waals surface area contributed by atoms with Crippen molar-refractivity contribution in [3.63, 3.8) is 0 Å². The molecule has 1 saturated heterocycles. The first-order valence-electron chi connectivity index (χ1n) is 8.29. The molecule has 2 fully saturated rings. The fourth-order valence-corrected chi connectivity index (χ4v) is 3.62. The number of nitrogens with one attached hydrogen (secondary N) is 1. The molecule has 1 saturated carbocycles. The summed E-state index contributed by atoms with van der Waals surface area (Å²) in [7, 11) is 1.62. The standard InChI is InChI=1S/C17H23N3O3/c1-19-8-4-7-14(17(19)23)16(22)18-10-12-9-15(21)20(11-12)13-5-2-3-6-13/h4,7-8,12-13H,2-3,5-6,9-11H2,1H3,(H,18,22)/t12-/m1/s1. The maximum atomic E-state index is 12.2. The van der Waals surface area contributed by atoms with E-state index < -0.39 is 0 Å². The number of carbonyl (C=O) groups excluding carboxylic acids is 2. The molecule has 1 aromatic rings. The van der Waals surface area contributed by atoms with Gasteiger partial charge in [-0.3, -0.25) is 14.4 Å². The molecule has 1 atom stereocenters. The smallest absolute Gasteiger partial charge is 0.263 e. The molecule has 0 unspecified atom stereocenters. The van der Waals surface area contributed by atoms with Crippen LogP contribution in [0, 0.1) is 5.92 Å². The van der Waals surface area contributed by atoms with Crippen molar-refractivity contribution in [3.8, 4) is 0 Å². The Labute approximate surface area is 135 Å². The fourth-order valence-electron chi connectivity index (χ4n) is 3.62. The SMILES string of the molecule is Cn1cccc(C(=O)NC[C@H]2CC(=O)N(C3CCCC3)C2)c1=O. The average Bonchev–Trinajstić information content (AvgIpc) is 3.17. The summed E-state index contributed by atoms with van der Waals surface area (Å²) in [5, 5.41) is 2.81. The van der Waals surface area contributed by atoms with E-state index in [0.717, 1.165) is 19.4 Å². The first-order valence-corrected chi connectivity index (χ1v) is 8.29. The van der Waals surface area contributed by atoms with Crippen LogP contribution in [0.3, 0.4) is 0 Å². The Morgan fingerprint density at radius 2 is 2.04 bits per heavy atom. The molecule has 2 aliphatic rings. The Hall–Kier alpha value is -2.11. The van der Waals surface area contributed by atoms with Gasteiger partial charge in [0, 0.05) is 44.7 Å². The lowest BCUT2D eigenvalue weighted by molar-refractivity contribution is -0.129. The van der Waals surface area contributed by atoms with Gasteiger partial charge in [-0.2, -0.15) is 0 Å². The number of pyridine rings is 1. The minimum absolute atomic E-state index is 0.139. The van der Waals surface area contributed by atoms with Crippen molar-refractivity contribution in [2.75, 3.05) is 13.1 Å². The van der Waals surface area contributed by atoms with Crippen molar-refractivity contribution in [1.29, 1.82) is 0 Å². The van der Waals surface area contributed by atoms with E-state index >= 15 is 0 Å². The number of hydrogen-bond donors (Lipinski definition) is 1. The number of hydrogen-bond acceptors (Lipinski definition) is 3. The fraction of sp³-hybridized carbons (Fsp3) is 0.588. The maximum absolute atomic E-state index is 12.2. The van der Waals surface area contributed by atoms with Gasteiger partial charge >= 0.3 is 0 Å². The van der Waals surface area contributed by atoms with Gasteiger partial charge < -0.3 is 14.8 Å². The van der Waals surface area contributed by atoms with Crippen LogP contribution in [0.25, 0.3) is 0 Å². The highest BCUT2D eigenvalue weighted by molar-refractivity contribution is 5.93.